The van der Waals surface area contributed by atoms with E-state index in [1.54, 1.807) is 24.3 Å². The minimum absolute atomic E-state index is 0.0204. The number of benzene rings is 4. The zero-order valence-corrected chi connectivity index (χ0v) is 64.5. The Kier molecular flexibility index (Phi) is 43.9. The van der Waals surface area contributed by atoms with E-state index in [-0.39, 0.29) is 91.2 Å². The highest BCUT2D eigenvalue weighted by atomic mass is 16.5. The first-order chi connectivity index (χ1) is 52.0. The first-order valence-corrected chi connectivity index (χ1v) is 39.9. The molecule has 19 heteroatoms. The van der Waals surface area contributed by atoms with Crippen molar-refractivity contribution in [2.24, 2.45) is 47.3 Å². The summed E-state index contributed by atoms with van der Waals surface area (Å²) < 4.78 is 22.6. The Balaban J connectivity index is 0.000000298. The van der Waals surface area contributed by atoms with Crippen LogP contribution in [0.15, 0.2) is 48.5 Å². The molecule has 0 aromatic heterocycles. The second-order valence-electron chi connectivity index (χ2n) is 29.2. The number of nitrogens with zero attached hydrogens (tertiary/aromatic N) is 8. The average molecular weight is 1460 g/mol. The van der Waals surface area contributed by atoms with Crippen molar-refractivity contribution in [3.8, 4) is 88.5 Å². The molecule has 5 N–H and O–H groups in total. The molecule has 0 heterocycles. The summed E-state index contributed by atoms with van der Waals surface area (Å²) in [6.45, 7) is 20.3. The van der Waals surface area contributed by atoms with E-state index in [2.05, 4.69) is 45.5 Å². The van der Waals surface area contributed by atoms with Crippen molar-refractivity contribution in [2.45, 2.75) is 279 Å². The smallest absolute Gasteiger partial charge is 0.313 e. The number of ether oxygens (including phenoxy) is 4. The van der Waals surface area contributed by atoms with Gasteiger partial charge in [0.2, 0.25) is 5.69 Å². The number of hydrogen-bond donors (Lipinski definition) is 5. The molecule has 4 aromatic rings. The van der Waals surface area contributed by atoms with Gasteiger partial charge >= 0.3 is 11.9 Å². The van der Waals surface area contributed by atoms with Crippen LogP contribution in [-0.2, 0) is 9.59 Å². The van der Waals surface area contributed by atoms with E-state index in [0.717, 1.165) is 125 Å². The molecule has 576 valence electrons. The van der Waals surface area contributed by atoms with E-state index in [1.807, 2.05) is 24.3 Å². The molecule has 0 aliphatic heterocycles. The van der Waals surface area contributed by atoms with Crippen LogP contribution in [0.3, 0.4) is 0 Å². The molecule has 0 bridgehead atoms. The number of hydrogen-bond acceptors (Lipinski definition) is 17. The van der Waals surface area contributed by atoms with Gasteiger partial charge in [0.15, 0.2) is 0 Å². The first-order valence-electron chi connectivity index (χ1n) is 39.9. The Morgan fingerprint density at radius 1 is 0.364 bits per heavy atom. The number of carboxylic acid groups (broad SMARTS) is 1. The van der Waals surface area contributed by atoms with Crippen molar-refractivity contribution < 1.29 is 54.1 Å². The second-order valence-corrected chi connectivity index (χ2v) is 29.2. The van der Waals surface area contributed by atoms with E-state index in [1.165, 1.54) is 191 Å². The SMILES string of the molecule is CCCC1CCC(C2CCC(C(=O)O)CC2)CC1.CCCCCCCCOc1ccc(O)c(C#N)c1C#N.CCCCCCCCOc1ccc(O)c(C#N)c1C#N.N#Cc1c(O)ccc(O)c1C#N.[C-]#[N+]c1c(OC(=O)C2CCC(C3CCC(CCC)CC3)CC2)ccc(OCCCCCCCC)c1C#N. The monoisotopic (exact) mass is 1460 g/mol. The maximum atomic E-state index is 13.0. The van der Waals surface area contributed by atoms with Crippen molar-refractivity contribution in [3.05, 3.63) is 98.9 Å². The third kappa shape index (κ3) is 30.6. The summed E-state index contributed by atoms with van der Waals surface area (Å²) in [5, 5.41) is 109. The van der Waals surface area contributed by atoms with Gasteiger partial charge in [0, 0.05) is 0 Å². The predicted molar refractivity (Wildman–Crippen MR) is 413 cm³/mol. The summed E-state index contributed by atoms with van der Waals surface area (Å²) in [6.07, 6.45) is 45.5. The van der Waals surface area contributed by atoms with Gasteiger partial charge in [-0.05, 0) is 180 Å². The van der Waals surface area contributed by atoms with Crippen LogP contribution < -0.4 is 18.9 Å². The van der Waals surface area contributed by atoms with Gasteiger partial charge in [0.25, 0.3) is 0 Å². The third-order valence-electron chi connectivity index (χ3n) is 21.7. The standard InChI is InChI=1S/C32H46N2O3.2C16H20N2O2.C16H28O2.C8H4N2O2/c1-4-6-7-8-9-10-22-36-29-20-21-30(31(34-3)28(29)23-33)37-32(35)27-18-16-26(17-19-27)25-14-12-24(11-5-2)13-15-25;2*1-2-3-4-5-6-7-10-20-16-9-8-15(19)13(11-17)14(16)12-18;1-2-3-12-4-6-13(7-5-12)14-8-10-15(11-9-14)16(17)18;9-3-5-6(4-10)8(12)2-1-7(5)11/h20-21,24-27H,4-19,22H2,1-2H3;2*8-9,19H,2-7,10H2,1H3;12-15H,2-11H2,1H3,(H,17,18);1-2,11-12H. The van der Waals surface area contributed by atoms with Crippen molar-refractivity contribution in [1.82, 2.24) is 0 Å². The molecule has 4 aliphatic rings. The van der Waals surface area contributed by atoms with Crippen LogP contribution in [0.25, 0.3) is 4.85 Å². The van der Waals surface area contributed by atoms with Crippen LogP contribution in [0, 0.1) is 133 Å². The van der Waals surface area contributed by atoms with Crippen LogP contribution >= 0.6 is 0 Å². The fourth-order valence-corrected chi connectivity index (χ4v) is 15.4. The van der Waals surface area contributed by atoms with Gasteiger partial charge < -0.3 is 44.5 Å². The van der Waals surface area contributed by atoms with Crippen LogP contribution in [0.5, 0.6) is 46.0 Å². The van der Waals surface area contributed by atoms with E-state index in [4.69, 9.17) is 72.4 Å². The van der Waals surface area contributed by atoms with Crippen molar-refractivity contribution in [3.63, 3.8) is 0 Å². The van der Waals surface area contributed by atoms with Crippen molar-refractivity contribution in [1.29, 1.82) is 36.8 Å². The molecule has 0 atom stereocenters. The second kappa shape index (κ2) is 52.3. The fourth-order valence-electron chi connectivity index (χ4n) is 15.4. The minimum atomic E-state index is -0.569. The third-order valence-corrected chi connectivity index (χ3v) is 21.7. The number of rotatable bonds is 33. The molecule has 4 aliphatic carbocycles. The van der Waals surface area contributed by atoms with Crippen LogP contribution in [0.2, 0.25) is 0 Å². The molecule has 0 radical (unpaired) electrons. The quantitative estimate of drug-likeness (QED) is 0.00972. The normalized spacial score (nSPS) is 19.0. The topological polar surface area (TPSA) is 343 Å². The Labute approximate surface area is 638 Å². The Bertz CT molecular complexity index is 3560. The zero-order chi connectivity index (χ0) is 78.1. The van der Waals surface area contributed by atoms with E-state index < -0.39 is 5.97 Å². The van der Waals surface area contributed by atoms with Gasteiger partial charge in [0.05, 0.1) is 44.3 Å². The van der Waals surface area contributed by atoms with Gasteiger partial charge in [0.1, 0.15) is 121 Å². The lowest BCUT2D eigenvalue weighted by molar-refractivity contribution is -0.143. The molecule has 0 amide bonds. The summed E-state index contributed by atoms with van der Waals surface area (Å²) in [6, 6.07) is 24.3. The lowest BCUT2D eigenvalue weighted by Crippen LogP contribution is -2.30. The van der Waals surface area contributed by atoms with Crippen molar-refractivity contribution in [2.75, 3.05) is 19.8 Å². The number of aliphatic carboxylic acids is 1. The lowest BCUT2D eigenvalue weighted by atomic mass is 9.69. The van der Waals surface area contributed by atoms with Crippen LogP contribution in [0.1, 0.15) is 318 Å². The zero-order valence-electron chi connectivity index (χ0n) is 64.5. The molecular weight excluding hydrogens is 1350 g/mol. The molecule has 8 rings (SSSR count). The Morgan fingerprint density at radius 3 is 0.944 bits per heavy atom. The molecule has 0 saturated heterocycles. The molecule has 0 unspecified atom stereocenters. The van der Waals surface area contributed by atoms with Crippen molar-refractivity contribution >= 4 is 17.6 Å². The number of carbonyl (C=O) groups excluding carboxylic acids is 1. The van der Waals surface area contributed by atoms with Crippen LogP contribution in [0.4, 0.5) is 5.69 Å². The highest BCUT2D eigenvalue weighted by Crippen LogP contribution is 2.45. The summed E-state index contributed by atoms with van der Waals surface area (Å²) in [5.74, 6) is 4.57. The van der Waals surface area contributed by atoms with E-state index >= 15 is 0 Å². The van der Waals surface area contributed by atoms with Gasteiger partial charge in [-0.3, -0.25) is 9.59 Å². The summed E-state index contributed by atoms with van der Waals surface area (Å²) in [7, 11) is 0. The van der Waals surface area contributed by atoms with Gasteiger partial charge in [-0.25, -0.2) is 4.85 Å². The first kappa shape index (κ1) is 89.7. The molecule has 107 heavy (non-hydrogen) atoms. The molecule has 4 saturated carbocycles. The maximum absolute atomic E-state index is 13.0. The number of carboxylic acids is 1. The number of phenolic OH excluding ortho intramolecular Hbond substituents is 4. The lowest BCUT2D eigenvalue weighted by Gasteiger charge is -2.37. The largest absolute Gasteiger partial charge is 0.507 e. The minimum Gasteiger partial charge on any atom is -0.507 e. The number of nitriles is 7. The molecule has 19 nitrogen and oxygen atoms in total. The van der Waals surface area contributed by atoms with E-state index in [0.29, 0.717) is 37.1 Å². The number of unbranched alkanes of at least 4 members (excludes halogenated alkanes) is 15. The van der Waals surface area contributed by atoms with Gasteiger partial charge in [-0.2, -0.15) is 36.8 Å². The fraction of sp³-hybridized carbons (Fsp3) is 0.614. The highest BCUT2D eigenvalue weighted by Gasteiger charge is 2.35. The Morgan fingerprint density at radius 2 is 0.636 bits per heavy atom. The summed E-state index contributed by atoms with van der Waals surface area (Å²) in [5.41, 5.74) is 0.0235. The number of aromatic hydroxyl groups is 4. The number of esters is 1. The van der Waals surface area contributed by atoms with Gasteiger partial charge in [-0.1, -0.05) is 182 Å². The van der Waals surface area contributed by atoms with Gasteiger partial charge in [-0.15, -0.1) is 0 Å². The molecule has 4 fully saturated rings. The van der Waals surface area contributed by atoms with E-state index in [9.17, 15) is 25.1 Å². The summed E-state index contributed by atoms with van der Waals surface area (Å²) >= 11 is 0. The van der Waals surface area contributed by atoms with Crippen LogP contribution in [-0.4, -0.2) is 57.3 Å². The summed E-state index contributed by atoms with van der Waals surface area (Å²) in [4.78, 5) is 27.5. The average Bonchev–Trinajstić information content (AvgIpc) is 0.759. The number of phenols is 4. The predicted octanol–water partition coefficient (Wildman–Crippen LogP) is 22.2. The Hall–Kier alpha value is -9.66. The molecule has 0 spiro atoms. The highest BCUT2D eigenvalue weighted by molar-refractivity contribution is 5.80. The maximum Gasteiger partial charge on any atom is 0.313 e. The molecular formula is C88H118N8O11. The number of carbonyl (C=O) groups is 2. The molecule has 4 aromatic carbocycles.